The Bertz CT molecular complexity index is 689. The van der Waals surface area contributed by atoms with Crippen LogP contribution in [-0.2, 0) is 11.2 Å². The Balaban J connectivity index is 1.55. The number of halogens is 1. The molecule has 2 nitrogen and oxygen atoms in total. The summed E-state index contributed by atoms with van der Waals surface area (Å²) in [6.07, 6.45) is 1.67. The molecule has 23 heavy (non-hydrogen) atoms. The first-order valence-corrected chi connectivity index (χ1v) is 8.88. The molecular weight excluding hydrogens is 309 g/mol. The van der Waals surface area contributed by atoms with E-state index >= 15 is 0 Å². The highest BCUT2D eigenvalue weighted by Gasteiger charge is 2.25. The molecule has 2 atom stereocenters. The van der Waals surface area contributed by atoms with Gasteiger partial charge in [-0.05, 0) is 48.2 Å². The van der Waals surface area contributed by atoms with E-state index in [4.69, 9.17) is 0 Å². The molecule has 0 radical (unpaired) electrons. The van der Waals surface area contributed by atoms with Crippen molar-refractivity contribution in [2.75, 3.05) is 5.75 Å². The minimum absolute atomic E-state index is 0.0160. The number of fused-ring (bicyclic) bond motifs is 1. The van der Waals surface area contributed by atoms with Gasteiger partial charge in [0.25, 0.3) is 0 Å². The standard InChI is InChI=1S/C19H20FNOS/c1-13(12-23-16-5-3-2-4-6-16)19(22)21-18-10-7-14-11-15(20)8-9-17(14)18/h2-6,8-9,11,13,18H,7,10,12H2,1H3,(H,21,22). The molecule has 4 heteroatoms. The zero-order valence-corrected chi connectivity index (χ0v) is 13.9. The maximum absolute atomic E-state index is 13.3. The summed E-state index contributed by atoms with van der Waals surface area (Å²) < 4.78 is 13.3. The molecule has 2 unspecified atom stereocenters. The molecule has 0 saturated heterocycles. The number of amides is 1. The van der Waals surface area contributed by atoms with Crippen molar-refractivity contribution in [2.45, 2.75) is 30.7 Å². The molecule has 0 aromatic heterocycles. The summed E-state index contributed by atoms with van der Waals surface area (Å²) >= 11 is 1.69. The molecule has 0 saturated carbocycles. The van der Waals surface area contributed by atoms with Gasteiger partial charge in [0.05, 0.1) is 6.04 Å². The first-order valence-electron chi connectivity index (χ1n) is 7.90. The largest absolute Gasteiger partial charge is 0.349 e. The van der Waals surface area contributed by atoms with Gasteiger partial charge < -0.3 is 5.32 Å². The number of carbonyl (C=O) groups excluding carboxylic acids is 1. The second-order valence-electron chi connectivity index (χ2n) is 5.97. The summed E-state index contributed by atoms with van der Waals surface area (Å²) in [5.41, 5.74) is 2.07. The third-order valence-corrected chi connectivity index (χ3v) is 5.46. The highest BCUT2D eigenvalue weighted by atomic mass is 32.2. The lowest BCUT2D eigenvalue weighted by molar-refractivity contribution is -0.124. The lowest BCUT2D eigenvalue weighted by Crippen LogP contribution is -2.32. The topological polar surface area (TPSA) is 29.1 Å². The van der Waals surface area contributed by atoms with Crippen LogP contribution in [0.4, 0.5) is 4.39 Å². The average molecular weight is 329 g/mol. The molecule has 1 aliphatic carbocycles. The summed E-state index contributed by atoms with van der Waals surface area (Å²) in [5, 5.41) is 3.12. The van der Waals surface area contributed by atoms with Crippen LogP contribution in [0.2, 0.25) is 0 Å². The minimum atomic E-state index is -0.205. The fraction of sp³-hybridized carbons (Fsp3) is 0.316. The van der Waals surface area contributed by atoms with E-state index < -0.39 is 0 Å². The van der Waals surface area contributed by atoms with Crippen LogP contribution in [0.5, 0.6) is 0 Å². The van der Waals surface area contributed by atoms with E-state index in [2.05, 4.69) is 17.4 Å². The Labute approximate surface area is 140 Å². The van der Waals surface area contributed by atoms with Crippen molar-refractivity contribution in [1.29, 1.82) is 0 Å². The highest BCUT2D eigenvalue weighted by Crippen LogP contribution is 2.32. The number of hydrogen-bond donors (Lipinski definition) is 1. The van der Waals surface area contributed by atoms with E-state index in [9.17, 15) is 9.18 Å². The van der Waals surface area contributed by atoms with Crippen LogP contribution < -0.4 is 5.32 Å². The van der Waals surface area contributed by atoms with E-state index in [1.54, 1.807) is 23.9 Å². The number of hydrogen-bond acceptors (Lipinski definition) is 2. The van der Waals surface area contributed by atoms with Gasteiger partial charge in [0, 0.05) is 16.6 Å². The predicted molar refractivity (Wildman–Crippen MR) is 91.9 cm³/mol. The second kappa shape index (κ2) is 7.18. The second-order valence-corrected chi connectivity index (χ2v) is 7.06. The molecule has 3 rings (SSSR count). The summed E-state index contributed by atoms with van der Waals surface area (Å²) in [7, 11) is 0. The Morgan fingerprint density at radius 3 is 2.87 bits per heavy atom. The van der Waals surface area contributed by atoms with Crippen LogP contribution in [0.1, 0.15) is 30.5 Å². The van der Waals surface area contributed by atoms with Gasteiger partial charge in [-0.1, -0.05) is 31.2 Å². The number of thioether (sulfide) groups is 1. The van der Waals surface area contributed by atoms with Gasteiger partial charge in [0.1, 0.15) is 5.82 Å². The molecule has 0 bridgehead atoms. The van der Waals surface area contributed by atoms with Crippen molar-refractivity contribution in [3.05, 3.63) is 65.5 Å². The van der Waals surface area contributed by atoms with Crippen LogP contribution in [0, 0.1) is 11.7 Å². The minimum Gasteiger partial charge on any atom is -0.349 e. The van der Waals surface area contributed by atoms with Gasteiger partial charge in [0.15, 0.2) is 0 Å². The molecule has 1 aliphatic rings. The number of nitrogens with one attached hydrogen (secondary N) is 1. The molecule has 0 spiro atoms. The van der Waals surface area contributed by atoms with Gasteiger partial charge in [-0.25, -0.2) is 4.39 Å². The van der Waals surface area contributed by atoms with Gasteiger partial charge in [-0.15, -0.1) is 11.8 Å². The maximum Gasteiger partial charge on any atom is 0.224 e. The predicted octanol–water partition coefficient (Wildman–Crippen LogP) is 4.36. The molecule has 2 aromatic rings. The Kier molecular flexibility index (Phi) is 5.01. The molecule has 2 aromatic carbocycles. The molecule has 0 aliphatic heterocycles. The Morgan fingerprint density at radius 1 is 1.30 bits per heavy atom. The van der Waals surface area contributed by atoms with Crippen LogP contribution in [-0.4, -0.2) is 11.7 Å². The highest BCUT2D eigenvalue weighted by molar-refractivity contribution is 7.99. The number of benzene rings is 2. The van der Waals surface area contributed by atoms with Crippen molar-refractivity contribution in [2.24, 2.45) is 5.92 Å². The third-order valence-electron chi connectivity index (χ3n) is 4.19. The van der Waals surface area contributed by atoms with E-state index in [0.717, 1.165) is 29.7 Å². The van der Waals surface area contributed by atoms with Crippen molar-refractivity contribution >= 4 is 17.7 Å². The van der Waals surface area contributed by atoms with Gasteiger partial charge in [-0.3, -0.25) is 4.79 Å². The van der Waals surface area contributed by atoms with E-state index in [0.29, 0.717) is 0 Å². The summed E-state index contributed by atoms with van der Waals surface area (Å²) in [5.74, 6) is 0.544. The molecule has 1 N–H and O–H groups in total. The first kappa shape index (κ1) is 16.1. The molecule has 1 amide bonds. The van der Waals surface area contributed by atoms with Crippen molar-refractivity contribution < 1.29 is 9.18 Å². The van der Waals surface area contributed by atoms with Gasteiger partial charge in [-0.2, -0.15) is 0 Å². The number of aryl methyl sites for hydroxylation is 1. The SMILES string of the molecule is CC(CSc1ccccc1)C(=O)NC1CCc2cc(F)ccc21. The molecule has 0 heterocycles. The fourth-order valence-corrected chi connectivity index (χ4v) is 3.81. The quantitative estimate of drug-likeness (QED) is 0.826. The lowest BCUT2D eigenvalue weighted by Gasteiger charge is -2.18. The van der Waals surface area contributed by atoms with E-state index in [-0.39, 0.29) is 23.7 Å². The van der Waals surface area contributed by atoms with Gasteiger partial charge >= 0.3 is 0 Å². The lowest BCUT2D eigenvalue weighted by atomic mass is 10.1. The van der Waals surface area contributed by atoms with E-state index in [1.165, 1.54) is 11.0 Å². The van der Waals surface area contributed by atoms with Crippen molar-refractivity contribution in [3.63, 3.8) is 0 Å². The smallest absolute Gasteiger partial charge is 0.224 e. The van der Waals surface area contributed by atoms with E-state index in [1.807, 2.05) is 25.1 Å². The number of carbonyl (C=O) groups is 1. The molecular formula is C19H20FNOS. The van der Waals surface area contributed by atoms with Crippen molar-refractivity contribution in [1.82, 2.24) is 5.32 Å². The summed E-state index contributed by atoms with van der Waals surface area (Å²) in [6, 6.07) is 15.0. The maximum atomic E-state index is 13.3. The van der Waals surface area contributed by atoms with Crippen LogP contribution in [0.25, 0.3) is 0 Å². The zero-order chi connectivity index (χ0) is 16.2. The monoisotopic (exact) mass is 329 g/mol. The van der Waals surface area contributed by atoms with Crippen LogP contribution >= 0.6 is 11.8 Å². The third kappa shape index (κ3) is 3.94. The molecule has 120 valence electrons. The number of rotatable bonds is 5. The summed E-state index contributed by atoms with van der Waals surface area (Å²) in [4.78, 5) is 13.6. The van der Waals surface area contributed by atoms with Crippen LogP contribution in [0.3, 0.4) is 0 Å². The fourth-order valence-electron chi connectivity index (χ4n) is 2.86. The Morgan fingerprint density at radius 2 is 2.09 bits per heavy atom. The molecule has 0 fully saturated rings. The zero-order valence-electron chi connectivity index (χ0n) is 13.1. The Hall–Kier alpha value is -1.81. The average Bonchev–Trinajstić information content (AvgIpc) is 2.95. The normalized spacial score (nSPS) is 17.6. The van der Waals surface area contributed by atoms with Crippen LogP contribution in [0.15, 0.2) is 53.4 Å². The van der Waals surface area contributed by atoms with Crippen molar-refractivity contribution in [3.8, 4) is 0 Å². The summed E-state index contributed by atoms with van der Waals surface area (Å²) in [6.45, 7) is 1.95. The first-order chi connectivity index (χ1) is 11.1. The van der Waals surface area contributed by atoms with Gasteiger partial charge in [0.2, 0.25) is 5.91 Å².